The lowest BCUT2D eigenvalue weighted by atomic mass is 10.1. The molecule has 0 aromatic heterocycles. The molecule has 0 spiro atoms. The molecule has 0 heterocycles. The quantitative estimate of drug-likeness (QED) is 0.438. The van der Waals surface area contributed by atoms with Crippen molar-refractivity contribution >= 4 is 0 Å². The van der Waals surface area contributed by atoms with Crippen LogP contribution in [0, 0.1) is 12.3 Å². The summed E-state index contributed by atoms with van der Waals surface area (Å²) < 4.78 is 0. The molecule has 10 heavy (non-hydrogen) atoms. The molecule has 0 saturated carbocycles. The smallest absolute Gasteiger partial charge is 0.0603 e. The first-order chi connectivity index (χ1) is 4.56. The minimum atomic E-state index is -0.582. The molecule has 0 unspecified atom stereocenters. The fourth-order valence-corrected chi connectivity index (χ4v) is 0.555. The Labute approximate surface area is 62.6 Å². The molecule has 0 aromatic carbocycles. The normalized spacial score (nSPS) is 11.0. The molecular formula is C8H15NO. The summed E-state index contributed by atoms with van der Waals surface area (Å²) >= 11 is 0. The maximum absolute atomic E-state index is 9.23. The van der Waals surface area contributed by atoms with Crippen LogP contribution in [-0.2, 0) is 0 Å². The van der Waals surface area contributed by atoms with Crippen LogP contribution >= 0.6 is 0 Å². The molecule has 0 rings (SSSR count). The summed E-state index contributed by atoms with van der Waals surface area (Å²) in [6.45, 7) is 4.92. The van der Waals surface area contributed by atoms with E-state index in [-0.39, 0.29) is 0 Å². The monoisotopic (exact) mass is 141 g/mol. The van der Waals surface area contributed by atoms with Crippen molar-refractivity contribution in [3.8, 4) is 12.3 Å². The second-order valence-electron chi connectivity index (χ2n) is 2.94. The van der Waals surface area contributed by atoms with Crippen molar-refractivity contribution in [3.05, 3.63) is 0 Å². The summed E-state index contributed by atoms with van der Waals surface area (Å²) in [5.41, 5.74) is -0.582. The first kappa shape index (κ1) is 9.48. The molecule has 0 aliphatic heterocycles. The molecule has 0 atom stereocenters. The number of rotatable bonds is 4. The summed E-state index contributed by atoms with van der Waals surface area (Å²) in [4.78, 5) is 0. The van der Waals surface area contributed by atoms with Crippen molar-refractivity contribution < 1.29 is 5.11 Å². The zero-order chi connectivity index (χ0) is 8.04. The van der Waals surface area contributed by atoms with Crippen LogP contribution < -0.4 is 5.32 Å². The van der Waals surface area contributed by atoms with Crippen molar-refractivity contribution in [1.29, 1.82) is 0 Å². The highest BCUT2D eigenvalue weighted by Crippen LogP contribution is 2.04. The highest BCUT2D eigenvalue weighted by molar-refractivity contribution is 4.86. The minimum absolute atomic E-state index is 0.579. The van der Waals surface area contributed by atoms with Gasteiger partial charge in [0, 0.05) is 0 Å². The summed E-state index contributed by atoms with van der Waals surface area (Å²) in [6, 6.07) is 0. The molecule has 0 aromatic rings. The van der Waals surface area contributed by atoms with Crippen LogP contribution in [0.25, 0.3) is 0 Å². The first-order valence-corrected chi connectivity index (χ1v) is 3.43. The van der Waals surface area contributed by atoms with Gasteiger partial charge >= 0.3 is 0 Å². The predicted molar refractivity (Wildman–Crippen MR) is 42.6 cm³/mol. The summed E-state index contributed by atoms with van der Waals surface area (Å²) in [7, 11) is 0. The van der Waals surface area contributed by atoms with E-state index < -0.39 is 5.60 Å². The molecule has 0 amide bonds. The van der Waals surface area contributed by atoms with Gasteiger partial charge in [-0.15, -0.1) is 6.42 Å². The Bertz CT molecular complexity index is 118. The van der Waals surface area contributed by atoms with Crippen LogP contribution in [0.4, 0.5) is 0 Å². The second kappa shape index (κ2) is 4.32. The van der Waals surface area contributed by atoms with Gasteiger partial charge in [-0.25, -0.2) is 0 Å². The molecule has 58 valence electrons. The maximum atomic E-state index is 9.23. The van der Waals surface area contributed by atoms with Gasteiger partial charge in [-0.3, -0.25) is 0 Å². The van der Waals surface area contributed by atoms with Crippen LogP contribution in [0.2, 0.25) is 0 Å². The average Bonchev–Trinajstić information content (AvgIpc) is 1.78. The predicted octanol–water partition coefficient (Wildman–Crippen LogP) is 0.370. The Kier molecular flexibility index (Phi) is 4.10. The van der Waals surface area contributed by atoms with E-state index in [9.17, 15) is 5.11 Å². The highest BCUT2D eigenvalue weighted by atomic mass is 16.3. The van der Waals surface area contributed by atoms with Gasteiger partial charge in [0.1, 0.15) is 0 Å². The van der Waals surface area contributed by atoms with E-state index in [0.29, 0.717) is 6.54 Å². The van der Waals surface area contributed by atoms with Crippen LogP contribution in [-0.4, -0.2) is 23.8 Å². The van der Waals surface area contributed by atoms with Crippen LogP contribution in [0.1, 0.15) is 20.3 Å². The van der Waals surface area contributed by atoms with Crippen molar-refractivity contribution in [2.45, 2.75) is 25.9 Å². The van der Waals surface area contributed by atoms with Gasteiger partial charge < -0.3 is 10.4 Å². The lowest BCUT2D eigenvalue weighted by Crippen LogP contribution is -2.26. The Morgan fingerprint density at radius 1 is 1.60 bits per heavy atom. The maximum Gasteiger partial charge on any atom is 0.0603 e. The Morgan fingerprint density at radius 3 is 2.60 bits per heavy atom. The second-order valence-corrected chi connectivity index (χ2v) is 2.94. The summed E-state index contributed by atoms with van der Waals surface area (Å²) in [6.07, 6.45) is 5.73. The van der Waals surface area contributed by atoms with Crippen LogP contribution in [0.3, 0.4) is 0 Å². The van der Waals surface area contributed by atoms with Crippen molar-refractivity contribution in [1.82, 2.24) is 5.32 Å². The van der Waals surface area contributed by atoms with Crippen molar-refractivity contribution in [2.24, 2.45) is 0 Å². The van der Waals surface area contributed by atoms with Gasteiger partial charge in [0.15, 0.2) is 0 Å². The Balaban J connectivity index is 3.14. The number of terminal acetylenes is 1. The highest BCUT2D eigenvalue weighted by Gasteiger charge is 2.10. The number of hydrogen-bond donors (Lipinski definition) is 2. The topological polar surface area (TPSA) is 32.3 Å². The number of aliphatic hydroxyl groups is 1. The lowest BCUT2D eigenvalue weighted by Gasteiger charge is -2.16. The van der Waals surface area contributed by atoms with Crippen LogP contribution in [0.15, 0.2) is 0 Å². The van der Waals surface area contributed by atoms with E-state index in [0.717, 1.165) is 13.0 Å². The zero-order valence-electron chi connectivity index (χ0n) is 6.65. The van der Waals surface area contributed by atoms with Gasteiger partial charge in [0.25, 0.3) is 0 Å². The number of hydrogen-bond acceptors (Lipinski definition) is 2. The molecular weight excluding hydrogens is 126 g/mol. The SMILES string of the molecule is C#CCNCCC(C)(C)O. The van der Waals surface area contributed by atoms with Crippen LogP contribution in [0.5, 0.6) is 0 Å². The fraction of sp³-hybridized carbons (Fsp3) is 0.750. The van der Waals surface area contributed by atoms with Gasteiger partial charge in [-0.05, 0) is 26.8 Å². The molecule has 0 aliphatic carbocycles. The fourth-order valence-electron chi connectivity index (χ4n) is 0.555. The Morgan fingerprint density at radius 2 is 2.20 bits per heavy atom. The molecule has 0 radical (unpaired) electrons. The minimum Gasteiger partial charge on any atom is -0.390 e. The summed E-state index contributed by atoms with van der Waals surface area (Å²) in [5, 5.41) is 12.2. The largest absolute Gasteiger partial charge is 0.390 e. The third-order valence-corrected chi connectivity index (χ3v) is 1.14. The molecule has 0 bridgehead atoms. The Hall–Kier alpha value is -0.520. The van der Waals surface area contributed by atoms with E-state index in [4.69, 9.17) is 6.42 Å². The molecule has 2 heteroatoms. The van der Waals surface area contributed by atoms with Gasteiger partial charge in [-0.2, -0.15) is 0 Å². The molecule has 2 N–H and O–H groups in total. The molecule has 0 fully saturated rings. The third-order valence-electron chi connectivity index (χ3n) is 1.14. The zero-order valence-corrected chi connectivity index (χ0v) is 6.65. The van der Waals surface area contributed by atoms with E-state index in [1.165, 1.54) is 0 Å². The van der Waals surface area contributed by atoms with Gasteiger partial charge in [-0.1, -0.05) is 5.92 Å². The number of nitrogens with one attached hydrogen (secondary N) is 1. The summed E-state index contributed by atoms with van der Waals surface area (Å²) in [5.74, 6) is 2.46. The molecule has 0 saturated heterocycles. The van der Waals surface area contributed by atoms with E-state index in [1.807, 2.05) is 0 Å². The first-order valence-electron chi connectivity index (χ1n) is 3.43. The standard InChI is InChI=1S/C8H15NO/c1-4-6-9-7-5-8(2,3)10/h1,9-10H,5-7H2,2-3H3. The van der Waals surface area contributed by atoms with E-state index >= 15 is 0 Å². The lowest BCUT2D eigenvalue weighted by molar-refractivity contribution is 0.0715. The average molecular weight is 141 g/mol. The van der Waals surface area contributed by atoms with E-state index in [2.05, 4.69) is 11.2 Å². The molecule has 0 aliphatic rings. The third kappa shape index (κ3) is 7.48. The van der Waals surface area contributed by atoms with Crippen molar-refractivity contribution in [3.63, 3.8) is 0 Å². The molecule has 2 nitrogen and oxygen atoms in total. The van der Waals surface area contributed by atoms with Crippen molar-refractivity contribution in [2.75, 3.05) is 13.1 Å². The van der Waals surface area contributed by atoms with Gasteiger partial charge in [0.05, 0.1) is 12.1 Å². The van der Waals surface area contributed by atoms with Gasteiger partial charge in [0.2, 0.25) is 0 Å². The van der Waals surface area contributed by atoms with E-state index in [1.54, 1.807) is 13.8 Å².